The lowest BCUT2D eigenvalue weighted by atomic mass is 10.1. The Labute approximate surface area is 123 Å². The van der Waals surface area contributed by atoms with Crippen molar-refractivity contribution >= 4 is 17.0 Å². The lowest BCUT2D eigenvalue weighted by molar-refractivity contribution is -0.145. The number of aromatic nitrogens is 2. The number of ether oxygens (including phenoxy) is 1. The average molecular weight is 292 g/mol. The molecule has 1 atom stereocenters. The van der Waals surface area contributed by atoms with Gasteiger partial charge in [-0.1, -0.05) is 6.92 Å². The first-order valence-electron chi connectivity index (χ1n) is 7.33. The van der Waals surface area contributed by atoms with Crippen molar-refractivity contribution in [2.75, 3.05) is 6.61 Å². The van der Waals surface area contributed by atoms with Crippen LogP contribution >= 0.6 is 0 Å². The summed E-state index contributed by atoms with van der Waals surface area (Å²) < 4.78 is 20.6. The number of nitrogens with zero attached hydrogens (tertiary/aromatic N) is 2. The van der Waals surface area contributed by atoms with Gasteiger partial charge in [0.05, 0.1) is 17.6 Å². The molecule has 0 aliphatic carbocycles. The monoisotopic (exact) mass is 292 g/mol. The number of benzene rings is 1. The summed E-state index contributed by atoms with van der Waals surface area (Å²) in [5.74, 6) is -0.368. The Morgan fingerprint density at radius 2 is 2.10 bits per heavy atom. The van der Waals surface area contributed by atoms with Crippen LogP contribution in [0.5, 0.6) is 0 Å². The van der Waals surface area contributed by atoms with Crippen LogP contribution in [0.4, 0.5) is 4.39 Å². The third kappa shape index (κ3) is 2.91. The maximum absolute atomic E-state index is 13.5. The van der Waals surface area contributed by atoms with E-state index < -0.39 is 5.92 Å². The molecule has 0 saturated heterocycles. The highest BCUT2D eigenvalue weighted by molar-refractivity contribution is 5.81. The first kappa shape index (κ1) is 15.5. The zero-order valence-corrected chi connectivity index (χ0v) is 12.9. The summed E-state index contributed by atoms with van der Waals surface area (Å²) >= 11 is 0. The number of hydrogen-bond acceptors (Lipinski definition) is 3. The summed E-state index contributed by atoms with van der Waals surface area (Å²) in [4.78, 5) is 16.7. The molecular formula is C16H21FN2O2. The Kier molecular flexibility index (Phi) is 4.60. The molecule has 2 aromatic rings. The third-order valence-corrected chi connectivity index (χ3v) is 3.49. The number of fused-ring (bicyclic) bond motifs is 1. The molecule has 0 radical (unpaired) electrons. The van der Waals surface area contributed by atoms with Gasteiger partial charge in [0.2, 0.25) is 0 Å². The molecule has 4 nitrogen and oxygen atoms in total. The van der Waals surface area contributed by atoms with Crippen molar-refractivity contribution < 1.29 is 13.9 Å². The highest BCUT2D eigenvalue weighted by Crippen LogP contribution is 2.29. The smallest absolute Gasteiger partial charge is 0.316 e. The van der Waals surface area contributed by atoms with Gasteiger partial charge in [-0.25, -0.2) is 9.37 Å². The van der Waals surface area contributed by atoms with Crippen LogP contribution < -0.4 is 0 Å². The van der Waals surface area contributed by atoms with Crippen LogP contribution in [0.2, 0.25) is 0 Å². The zero-order chi connectivity index (χ0) is 15.6. The molecule has 0 spiro atoms. The Balaban J connectivity index is 2.61. The fraction of sp³-hybridized carbons (Fsp3) is 0.500. The molecule has 1 heterocycles. The average Bonchev–Trinajstić information content (AvgIpc) is 2.78. The second-order valence-electron chi connectivity index (χ2n) is 5.28. The minimum Gasteiger partial charge on any atom is -0.465 e. The van der Waals surface area contributed by atoms with Gasteiger partial charge < -0.3 is 9.30 Å². The number of imidazole rings is 1. The van der Waals surface area contributed by atoms with Gasteiger partial charge in [0.25, 0.3) is 0 Å². The van der Waals surface area contributed by atoms with Crippen LogP contribution in [-0.2, 0) is 9.53 Å². The van der Waals surface area contributed by atoms with Gasteiger partial charge in [-0.15, -0.1) is 0 Å². The number of halogens is 1. The highest BCUT2D eigenvalue weighted by Gasteiger charge is 2.27. The molecule has 1 aromatic carbocycles. The van der Waals surface area contributed by atoms with E-state index in [0.29, 0.717) is 29.9 Å². The first-order valence-corrected chi connectivity index (χ1v) is 7.33. The van der Waals surface area contributed by atoms with E-state index in [0.717, 1.165) is 0 Å². The third-order valence-electron chi connectivity index (χ3n) is 3.49. The topological polar surface area (TPSA) is 44.1 Å². The first-order chi connectivity index (χ1) is 9.99. The van der Waals surface area contributed by atoms with E-state index in [9.17, 15) is 9.18 Å². The number of carbonyl (C=O) groups is 1. The second-order valence-corrected chi connectivity index (χ2v) is 5.28. The predicted octanol–water partition coefficient (Wildman–Crippen LogP) is 3.81. The van der Waals surface area contributed by atoms with Gasteiger partial charge in [0.15, 0.2) is 0 Å². The van der Waals surface area contributed by atoms with Crippen molar-refractivity contribution in [3.05, 3.63) is 29.8 Å². The normalized spacial score (nSPS) is 12.9. The van der Waals surface area contributed by atoms with Crippen molar-refractivity contribution in [1.29, 1.82) is 0 Å². The van der Waals surface area contributed by atoms with E-state index in [1.807, 2.05) is 25.3 Å². The van der Waals surface area contributed by atoms with E-state index in [1.165, 1.54) is 12.1 Å². The molecule has 0 fully saturated rings. The highest BCUT2D eigenvalue weighted by atomic mass is 19.1. The molecule has 21 heavy (non-hydrogen) atoms. The summed E-state index contributed by atoms with van der Waals surface area (Å²) in [5, 5.41) is 0. The van der Waals surface area contributed by atoms with Crippen molar-refractivity contribution in [1.82, 2.24) is 9.55 Å². The zero-order valence-electron chi connectivity index (χ0n) is 12.9. The van der Waals surface area contributed by atoms with Crippen molar-refractivity contribution in [2.45, 2.75) is 46.1 Å². The molecule has 0 amide bonds. The summed E-state index contributed by atoms with van der Waals surface area (Å²) in [6.07, 6.45) is 0.595. The predicted molar refractivity (Wildman–Crippen MR) is 79.7 cm³/mol. The van der Waals surface area contributed by atoms with Gasteiger partial charge in [0, 0.05) is 6.04 Å². The maximum atomic E-state index is 13.5. The molecule has 5 heteroatoms. The van der Waals surface area contributed by atoms with Crippen LogP contribution in [0, 0.1) is 5.82 Å². The standard InChI is InChI=1S/C16H21FN2O2/c1-5-12(16(20)21-6-2)15-18-13-8-7-11(17)9-14(13)19(15)10(3)4/h7-10,12H,5-6H2,1-4H3. The van der Waals surface area contributed by atoms with Gasteiger partial charge in [-0.05, 0) is 45.4 Å². The van der Waals surface area contributed by atoms with Crippen LogP contribution in [0.25, 0.3) is 11.0 Å². The molecule has 114 valence electrons. The summed E-state index contributed by atoms with van der Waals surface area (Å²) in [5.41, 5.74) is 1.41. The molecular weight excluding hydrogens is 271 g/mol. The van der Waals surface area contributed by atoms with Crippen molar-refractivity contribution in [3.63, 3.8) is 0 Å². The molecule has 0 aliphatic heterocycles. The molecule has 1 aromatic heterocycles. The summed E-state index contributed by atoms with van der Waals surface area (Å²) in [7, 11) is 0. The van der Waals surface area contributed by atoms with E-state index in [2.05, 4.69) is 4.98 Å². The van der Waals surface area contributed by atoms with Crippen LogP contribution in [0.1, 0.15) is 51.9 Å². The summed E-state index contributed by atoms with van der Waals surface area (Å²) in [6, 6.07) is 4.57. The van der Waals surface area contributed by atoms with E-state index in [4.69, 9.17) is 4.74 Å². The maximum Gasteiger partial charge on any atom is 0.316 e. The number of carbonyl (C=O) groups excluding carboxylic acids is 1. The fourth-order valence-corrected chi connectivity index (χ4v) is 2.57. The lowest BCUT2D eigenvalue weighted by Gasteiger charge is -2.18. The number of rotatable bonds is 5. The molecule has 0 N–H and O–H groups in total. The second kappa shape index (κ2) is 6.24. The molecule has 0 bridgehead atoms. The Hall–Kier alpha value is -1.91. The molecule has 0 aliphatic rings. The van der Waals surface area contributed by atoms with E-state index in [-0.39, 0.29) is 17.8 Å². The number of hydrogen-bond donors (Lipinski definition) is 0. The molecule has 0 saturated carbocycles. The van der Waals surface area contributed by atoms with Gasteiger partial charge in [0.1, 0.15) is 17.6 Å². The van der Waals surface area contributed by atoms with Gasteiger partial charge in [-0.2, -0.15) is 0 Å². The minimum atomic E-state index is -0.428. The lowest BCUT2D eigenvalue weighted by Crippen LogP contribution is -2.20. The summed E-state index contributed by atoms with van der Waals surface area (Å²) in [6.45, 7) is 8.03. The van der Waals surface area contributed by atoms with E-state index in [1.54, 1.807) is 13.0 Å². The van der Waals surface area contributed by atoms with Crippen molar-refractivity contribution in [3.8, 4) is 0 Å². The quantitative estimate of drug-likeness (QED) is 0.787. The van der Waals surface area contributed by atoms with E-state index >= 15 is 0 Å². The molecule has 2 rings (SSSR count). The van der Waals surface area contributed by atoms with Crippen LogP contribution in [0.15, 0.2) is 18.2 Å². The minimum absolute atomic E-state index is 0.0790. The van der Waals surface area contributed by atoms with Crippen molar-refractivity contribution in [2.24, 2.45) is 0 Å². The number of esters is 1. The van der Waals surface area contributed by atoms with Crippen LogP contribution in [-0.4, -0.2) is 22.1 Å². The van der Waals surface area contributed by atoms with Crippen LogP contribution in [0.3, 0.4) is 0 Å². The fourth-order valence-electron chi connectivity index (χ4n) is 2.57. The largest absolute Gasteiger partial charge is 0.465 e. The Morgan fingerprint density at radius 1 is 1.38 bits per heavy atom. The van der Waals surface area contributed by atoms with Gasteiger partial charge >= 0.3 is 5.97 Å². The Morgan fingerprint density at radius 3 is 2.67 bits per heavy atom. The SMILES string of the molecule is CCOC(=O)C(CC)c1nc2ccc(F)cc2n1C(C)C. The van der Waals surface area contributed by atoms with Gasteiger partial charge in [-0.3, -0.25) is 4.79 Å². The molecule has 1 unspecified atom stereocenters. The Bertz CT molecular complexity index is 649.